The quantitative estimate of drug-likeness (QED) is 0.261. The lowest BCUT2D eigenvalue weighted by Gasteiger charge is -2.32. The normalized spacial score (nSPS) is 11.7. The minimum absolute atomic E-state index is 0.299. The lowest BCUT2D eigenvalue weighted by atomic mass is 9.97. The molecule has 2 aromatic rings. The molecule has 0 saturated carbocycles. The van der Waals surface area contributed by atoms with Crippen LogP contribution < -0.4 is 10.6 Å². The Hall–Kier alpha value is -3.50. The van der Waals surface area contributed by atoms with Crippen LogP contribution in [0.15, 0.2) is 42.5 Å². The van der Waals surface area contributed by atoms with E-state index in [2.05, 4.69) is 23.5 Å². The molecule has 0 radical (unpaired) electrons. The van der Waals surface area contributed by atoms with Gasteiger partial charge < -0.3 is 20.3 Å². The van der Waals surface area contributed by atoms with Gasteiger partial charge in [-0.25, -0.2) is 4.79 Å². The molecule has 8 heteroatoms. The van der Waals surface area contributed by atoms with Crippen molar-refractivity contribution in [2.24, 2.45) is 0 Å². The third-order valence-electron chi connectivity index (χ3n) is 5.80. The van der Waals surface area contributed by atoms with Crippen LogP contribution in [0.4, 0.5) is 10.5 Å². The number of aryl methyl sites for hydroxylation is 1. The molecule has 7 nitrogen and oxygen atoms in total. The number of ether oxygens (including phenoxy) is 1. The summed E-state index contributed by atoms with van der Waals surface area (Å²) >= 11 is 6.39. The second-order valence-electron chi connectivity index (χ2n) is 10.1. The van der Waals surface area contributed by atoms with Gasteiger partial charge in [0.15, 0.2) is 0 Å². The lowest BCUT2D eigenvalue weighted by molar-refractivity contribution is -0.138. The zero-order valence-electron chi connectivity index (χ0n) is 22.9. The summed E-state index contributed by atoms with van der Waals surface area (Å²) in [6, 6.07) is 11.3. The third kappa shape index (κ3) is 9.11. The fourth-order valence-electron chi connectivity index (χ4n) is 3.97. The van der Waals surface area contributed by atoms with Crippen molar-refractivity contribution in [3.63, 3.8) is 0 Å². The number of benzene rings is 2. The van der Waals surface area contributed by atoms with Gasteiger partial charge in [0.1, 0.15) is 18.2 Å². The summed E-state index contributed by atoms with van der Waals surface area (Å²) in [5.41, 5.74) is 1.54. The van der Waals surface area contributed by atoms with E-state index in [1.54, 1.807) is 57.2 Å². The largest absolute Gasteiger partial charge is 0.444 e. The summed E-state index contributed by atoms with van der Waals surface area (Å²) in [5, 5.41) is 5.82. The van der Waals surface area contributed by atoms with Gasteiger partial charge in [0.2, 0.25) is 5.91 Å². The Balaban J connectivity index is 2.47. The predicted octanol–water partition coefficient (Wildman–Crippen LogP) is 6.24. The number of rotatable bonds is 11. The molecular weight excluding hydrogens is 502 g/mol. The highest BCUT2D eigenvalue weighted by molar-refractivity contribution is 6.34. The fraction of sp³-hybridized carbons (Fsp3) is 0.433. The average molecular weight is 540 g/mol. The molecule has 0 aliphatic rings. The molecule has 2 N–H and O–H groups in total. The van der Waals surface area contributed by atoms with Crippen molar-refractivity contribution in [3.05, 3.63) is 64.2 Å². The molecule has 0 aromatic heterocycles. The molecule has 2 rings (SSSR count). The van der Waals surface area contributed by atoms with Crippen molar-refractivity contribution in [2.75, 3.05) is 18.4 Å². The van der Waals surface area contributed by atoms with Crippen LogP contribution in [0.25, 0.3) is 0 Å². The van der Waals surface area contributed by atoms with Crippen LogP contribution in [0.3, 0.4) is 0 Å². The van der Waals surface area contributed by atoms with Gasteiger partial charge in [-0.15, -0.1) is 6.42 Å². The van der Waals surface area contributed by atoms with Crippen molar-refractivity contribution in [2.45, 2.75) is 71.9 Å². The molecule has 0 spiro atoms. The van der Waals surface area contributed by atoms with E-state index < -0.39 is 29.6 Å². The molecule has 1 unspecified atom stereocenters. The minimum atomic E-state index is -1.05. The summed E-state index contributed by atoms with van der Waals surface area (Å²) in [4.78, 5) is 41.2. The SMILES string of the molecule is C#Cc1ccccc1C(C(=O)Nc1c(C)cccc1Cl)N(CCCCCC)C(=O)CNC(=O)OC(C)(C)C. The third-order valence-corrected chi connectivity index (χ3v) is 6.11. The number of nitrogens with zero attached hydrogens (tertiary/aromatic N) is 1. The monoisotopic (exact) mass is 539 g/mol. The standard InChI is InChI=1S/C30H38ClN3O4/c1-7-9-10-13-19-34(25(35)20-32-29(37)38-30(4,5)6)27(23-17-12-11-16-22(23)8-2)28(36)33-26-21(3)15-14-18-24(26)31/h2,11-12,14-18,27H,7,9-10,13,19-20H2,1,3-6H3,(H,32,37)(H,33,36). The maximum Gasteiger partial charge on any atom is 0.408 e. The van der Waals surface area contributed by atoms with Crippen LogP contribution in [0.5, 0.6) is 0 Å². The Bertz CT molecular complexity index is 1150. The van der Waals surface area contributed by atoms with Crippen molar-refractivity contribution in [1.82, 2.24) is 10.2 Å². The Kier molecular flexibility index (Phi) is 11.7. The molecule has 0 bridgehead atoms. The molecular formula is C30H38ClN3O4. The molecule has 0 aliphatic carbocycles. The highest BCUT2D eigenvalue weighted by atomic mass is 35.5. The van der Waals surface area contributed by atoms with Crippen LogP contribution in [0.1, 0.15) is 76.1 Å². The number of carbonyl (C=O) groups excluding carboxylic acids is 3. The predicted molar refractivity (Wildman–Crippen MR) is 152 cm³/mol. The molecule has 1 atom stereocenters. The number of unbranched alkanes of at least 4 members (excludes halogenated alkanes) is 3. The van der Waals surface area contributed by atoms with E-state index >= 15 is 0 Å². The van der Waals surface area contributed by atoms with Gasteiger partial charge in [0.25, 0.3) is 5.91 Å². The second-order valence-corrected chi connectivity index (χ2v) is 10.5. The Morgan fingerprint density at radius 3 is 2.42 bits per heavy atom. The van der Waals surface area contributed by atoms with Crippen LogP contribution in [-0.4, -0.2) is 41.5 Å². The van der Waals surface area contributed by atoms with E-state index in [1.165, 1.54) is 4.90 Å². The highest BCUT2D eigenvalue weighted by Gasteiger charge is 2.33. The maximum atomic E-state index is 13.9. The number of halogens is 1. The summed E-state index contributed by atoms with van der Waals surface area (Å²) in [6.07, 6.45) is 8.64. The first-order chi connectivity index (χ1) is 18.0. The number of terminal acetylenes is 1. The van der Waals surface area contributed by atoms with Crippen LogP contribution in [0.2, 0.25) is 5.02 Å². The molecule has 0 saturated heterocycles. The molecule has 0 aliphatic heterocycles. The molecule has 3 amide bonds. The van der Waals surface area contributed by atoms with E-state index in [0.29, 0.717) is 34.8 Å². The minimum Gasteiger partial charge on any atom is -0.444 e. The van der Waals surface area contributed by atoms with E-state index in [1.807, 2.05) is 13.0 Å². The van der Waals surface area contributed by atoms with Gasteiger partial charge in [-0.2, -0.15) is 0 Å². The van der Waals surface area contributed by atoms with Gasteiger partial charge in [-0.3, -0.25) is 9.59 Å². The van der Waals surface area contributed by atoms with E-state index in [4.69, 9.17) is 22.8 Å². The van der Waals surface area contributed by atoms with Crippen molar-refractivity contribution < 1.29 is 19.1 Å². The fourth-order valence-corrected chi connectivity index (χ4v) is 4.24. The summed E-state index contributed by atoms with van der Waals surface area (Å²) in [5.74, 6) is 1.74. The second kappa shape index (κ2) is 14.4. The van der Waals surface area contributed by atoms with E-state index in [9.17, 15) is 14.4 Å². The number of hydrogen-bond donors (Lipinski definition) is 2. The van der Waals surface area contributed by atoms with E-state index in [-0.39, 0.29) is 6.54 Å². The number of amides is 3. The zero-order chi connectivity index (χ0) is 28.3. The molecule has 0 fully saturated rings. The number of hydrogen-bond acceptors (Lipinski definition) is 4. The van der Waals surface area contributed by atoms with E-state index in [0.717, 1.165) is 24.8 Å². The number of alkyl carbamates (subject to hydrolysis) is 1. The summed E-state index contributed by atoms with van der Waals surface area (Å²) in [7, 11) is 0. The van der Waals surface area contributed by atoms with Crippen molar-refractivity contribution >= 4 is 35.2 Å². The molecule has 0 heterocycles. The maximum absolute atomic E-state index is 13.9. The number of carbonyl (C=O) groups is 3. The molecule has 204 valence electrons. The smallest absolute Gasteiger partial charge is 0.408 e. The van der Waals surface area contributed by atoms with Gasteiger partial charge in [0.05, 0.1) is 10.7 Å². The summed E-state index contributed by atoms with van der Waals surface area (Å²) in [6.45, 7) is 9.11. The Morgan fingerprint density at radius 1 is 1.08 bits per heavy atom. The van der Waals surface area contributed by atoms with Gasteiger partial charge >= 0.3 is 6.09 Å². The average Bonchev–Trinajstić information content (AvgIpc) is 2.85. The topological polar surface area (TPSA) is 87.7 Å². The van der Waals surface area contributed by atoms with Gasteiger partial charge in [0, 0.05) is 12.1 Å². The van der Waals surface area contributed by atoms with Gasteiger partial charge in [-0.05, 0) is 57.4 Å². The summed E-state index contributed by atoms with van der Waals surface area (Å²) < 4.78 is 5.27. The van der Waals surface area contributed by atoms with Gasteiger partial charge in [-0.1, -0.05) is 74.0 Å². The first-order valence-corrected chi connectivity index (χ1v) is 13.2. The Morgan fingerprint density at radius 2 is 1.79 bits per heavy atom. The first-order valence-electron chi connectivity index (χ1n) is 12.9. The number of para-hydroxylation sites is 1. The zero-order valence-corrected chi connectivity index (χ0v) is 23.7. The lowest BCUT2D eigenvalue weighted by Crippen LogP contribution is -2.47. The van der Waals surface area contributed by atoms with Crippen LogP contribution >= 0.6 is 11.6 Å². The number of anilines is 1. The Labute approximate surface area is 231 Å². The highest BCUT2D eigenvalue weighted by Crippen LogP contribution is 2.30. The first kappa shape index (κ1) is 30.7. The number of nitrogens with one attached hydrogen (secondary N) is 2. The van der Waals surface area contributed by atoms with Crippen molar-refractivity contribution in [3.8, 4) is 12.3 Å². The molecule has 38 heavy (non-hydrogen) atoms. The van der Waals surface area contributed by atoms with Crippen molar-refractivity contribution in [1.29, 1.82) is 0 Å². The van der Waals surface area contributed by atoms with Crippen LogP contribution in [-0.2, 0) is 14.3 Å². The van der Waals surface area contributed by atoms with Crippen LogP contribution in [0, 0.1) is 19.3 Å². The molecule has 2 aromatic carbocycles.